The molecule has 6 nitrogen and oxygen atoms in total. The molecule has 0 aromatic heterocycles. The number of hydrogen-bond acceptors (Lipinski definition) is 3. The van der Waals surface area contributed by atoms with Gasteiger partial charge in [-0.25, -0.2) is 18.1 Å². The third-order valence-electron chi connectivity index (χ3n) is 5.01. The van der Waals surface area contributed by atoms with E-state index in [2.05, 4.69) is 21.1 Å². The van der Waals surface area contributed by atoms with Crippen molar-refractivity contribution in [3.8, 4) is 0 Å². The van der Waals surface area contributed by atoms with Crippen molar-refractivity contribution in [1.82, 2.24) is 4.72 Å². The molecule has 3 rings (SSSR count). The lowest BCUT2D eigenvalue weighted by molar-refractivity contribution is 0.560. The summed E-state index contributed by atoms with van der Waals surface area (Å²) in [5.74, 6) is 0.614. The van der Waals surface area contributed by atoms with Gasteiger partial charge in [0.05, 0.1) is 11.4 Å². The zero-order valence-electron chi connectivity index (χ0n) is 17.1. The number of benzene rings is 2. The van der Waals surface area contributed by atoms with Crippen LogP contribution in [0, 0.1) is 5.92 Å². The molecule has 0 radical (unpaired) electrons. The van der Waals surface area contributed by atoms with Gasteiger partial charge in [-0.05, 0) is 66.5 Å². The number of fused-ring (bicyclic) bond motifs is 1. The summed E-state index contributed by atoms with van der Waals surface area (Å²) < 4.78 is 27.1. The zero-order chi connectivity index (χ0) is 20.9. The van der Waals surface area contributed by atoms with Gasteiger partial charge in [0.15, 0.2) is 5.96 Å². The molecule has 29 heavy (non-hydrogen) atoms. The van der Waals surface area contributed by atoms with Crippen molar-refractivity contribution in [2.24, 2.45) is 16.6 Å². The normalized spacial score (nSPS) is 14.7. The van der Waals surface area contributed by atoms with Gasteiger partial charge in [0.2, 0.25) is 10.0 Å². The predicted octanol–water partition coefficient (Wildman–Crippen LogP) is 3.43. The van der Waals surface area contributed by atoms with Crippen LogP contribution in [0.3, 0.4) is 0 Å². The van der Waals surface area contributed by atoms with Gasteiger partial charge in [-0.15, -0.1) is 0 Å². The van der Waals surface area contributed by atoms with Crippen LogP contribution in [0.15, 0.2) is 52.4 Å². The van der Waals surface area contributed by atoms with Crippen LogP contribution in [0.1, 0.15) is 43.4 Å². The second kappa shape index (κ2) is 9.41. The summed E-state index contributed by atoms with van der Waals surface area (Å²) in [6, 6.07) is 13.0. The van der Waals surface area contributed by atoms with E-state index in [4.69, 9.17) is 5.73 Å². The summed E-state index contributed by atoms with van der Waals surface area (Å²) in [6.45, 7) is 4.73. The molecule has 0 fully saturated rings. The molecule has 156 valence electrons. The van der Waals surface area contributed by atoms with Gasteiger partial charge in [0.1, 0.15) is 0 Å². The predicted molar refractivity (Wildman–Crippen MR) is 119 cm³/mol. The standard InChI is InChI=1S/C22H30N4O2S/c1-16(2)14-25-29(27,28)19-12-10-17(11-13-19)15-24-22(23)26-21-9-5-7-18-6-3-4-8-20(18)21/h5,7,9-13,16,25H,3-4,6,8,14-15H2,1-2H3,(H3,23,24,26). The van der Waals surface area contributed by atoms with Gasteiger partial charge < -0.3 is 11.1 Å². The Hall–Kier alpha value is -2.38. The highest BCUT2D eigenvalue weighted by molar-refractivity contribution is 7.89. The van der Waals surface area contributed by atoms with E-state index >= 15 is 0 Å². The number of nitrogens with two attached hydrogens (primary N) is 1. The Labute approximate surface area is 173 Å². The van der Waals surface area contributed by atoms with E-state index in [0.717, 1.165) is 24.1 Å². The van der Waals surface area contributed by atoms with E-state index in [1.54, 1.807) is 24.3 Å². The number of nitrogens with zero attached hydrogens (tertiary/aromatic N) is 1. The maximum Gasteiger partial charge on any atom is 0.240 e. The van der Waals surface area contributed by atoms with Gasteiger partial charge in [0.25, 0.3) is 0 Å². The summed E-state index contributed by atoms with van der Waals surface area (Å²) in [7, 11) is -3.48. The lowest BCUT2D eigenvalue weighted by Gasteiger charge is -2.19. The zero-order valence-corrected chi connectivity index (χ0v) is 17.9. The molecule has 0 amide bonds. The molecule has 7 heteroatoms. The molecule has 4 N–H and O–H groups in total. The highest BCUT2D eigenvalue weighted by Crippen LogP contribution is 2.27. The fourth-order valence-electron chi connectivity index (χ4n) is 3.39. The fraction of sp³-hybridized carbons (Fsp3) is 0.409. The first-order valence-corrected chi connectivity index (χ1v) is 11.6. The maximum absolute atomic E-state index is 12.3. The van der Waals surface area contributed by atoms with Crippen LogP contribution in [0.5, 0.6) is 0 Å². The minimum atomic E-state index is -3.48. The van der Waals surface area contributed by atoms with Crippen molar-refractivity contribution in [3.63, 3.8) is 0 Å². The van der Waals surface area contributed by atoms with Crippen molar-refractivity contribution in [2.75, 3.05) is 11.9 Å². The molecule has 0 unspecified atom stereocenters. The first kappa shape index (κ1) is 21.3. The third kappa shape index (κ3) is 5.81. The Morgan fingerprint density at radius 2 is 1.83 bits per heavy atom. The van der Waals surface area contributed by atoms with Gasteiger partial charge in [0, 0.05) is 12.2 Å². The molecule has 0 heterocycles. The average Bonchev–Trinajstić information content (AvgIpc) is 2.71. The first-order chi connectivity index (χ1) is 13.8. The number of sulfonamides is 1. The van der Waals surface area contributed by atoms with E-state index in [9.17, 15) is 8.42 Å². The number of hydrogen-bond donors (Lipinski definition) is 3. The Kier molecular flexibility index (Phi) is 6.92. The van der Waals surface area contributed by atoms with Crippen LogP contribution in [-0.4, -0.2) is 20.9 Å². The summed E-state index contributed by atoms with van der Waals surface area (Å²) in [6.07, 6.45) is 4.61. The number of nitrogens with one attached hydrogen (secondary N) is 2. The summed E-state index contributed by atoms with van der Waals surface area (Å²) >= 11 is 0. The molecule has 1 aliphatic carbocycles. The quantitative estimate of drug-likeness (QED) is 0.478. The van der Waals surface area contributed by atoms with Crippen molar-refractivity contribution >= 4 is 21.7 Å². The number of aryl methyl sites for hydroxylation is 1. The van der Waals surface area contributed by atoms with E-state index in [1.807, 2.05) is 26.0 Å². The topological polar surface area (TPSA) is 96.6 Å². The number of guanidine groups is 1. The Bertz CT molecular complexity index is 967. The Morgan fingerprint density at radius 1 is 1.10 bits per heavy atom. The highest BCUT2D eigenvalue weighted by Gasteiger charge is 2.14. The lowest BCUT2D eigenvalue weighted by Crippen LogP contribution is -2.27. The number of rotatable bonds is 7. The van der Waals surface area contributed by atoms with Crippen molar-refractivity contribution < 1.29 is 8.42 Å². The van der Waals surface area contributed by atoms with Gasteiger partial charge >= 0.3 is 0 Å². The van der Waals surface area contributed by atoms with Gasteiger partial charge in [-0.1, -0.05) is 38.1 Å². The molecule has 2 aromatic rings. The van der Waals surface area contributed by atoms with Crippen LogP contribution in [0.4, 0.5) is 5.69 Å². The molecule has 2 aromatic carbocycles. The van der Waals surface area contributed by atoms with Crippen LogP contribution < -0.4 is 15.8 Å². The Morgan fingerprint density at radius 3 is 2.55 bits per heavy atom. The maximum atomic E-state index is 12.3. The molecule has 0 saturated carbocycles. The van der Waals surface area contributed by atoms with E-state index < -0.39 is 10.0 Å². The smallest absolute Gasteiger partial charge is 0.240 e. The van der Waals surface area contributed by atoms with Crippen molar-refractivity contribution in [3.05, 3.63) is 59.2 Å². The van der Waals surface area contributed by atoms with Crippen molar-refractivity contribution in [2.45, 2.75) is 51.0 Å². The molecule has 0 spiro atoms. The van der Waals surface area contributed by atoms with Gasteiger partial charge in [-0.2, -0.15) is 0 Å². The monoisotopic (exact) mass is 414 g/mol. The molecule has 0 bridgehead atoms. The van der Waals surface area contributed by atoms with Crippen LogP contribution in [0.2, 0.25) is 0 Å². The SMILES string of the molecule is CC(C)CNS(=O)(=O)c1ccc(CN=C(N)Nc2cccc3c2CCCC3)cc1. The van der Waals surface area contributed by atoms with Gasteiger partial charge in [-0.3, -0.25) is 0 Å². The molecular weight excluding hydrogens is 384 g/mol. The second-order valence-corrected chi connectivity index (χ2v) is 9.63. The minimum absolute atomic E-state index is 0.254. The molecule has 1 aliphatic rings. The lowest BCUT2D eigenvalue weighted by atomic mass is 9.90. The molecular formula is C22H30N4O2S. The third-order valence-corrected chi connectivity index (χ3v) is 6.45. The van der Waals surface area contributed by atoms with Crippen LogP contribution in [0.25, 0.3) is 0 Å². The fourth-order valence-corrected chi connectivity index (χ4v) is 4.60. The summed E-state index contributed by atoms with van der Waals surface area (Å²) in [5.41, 5.74) is 10.7. The van der Waals surface area contributed by atoms with E-state index in [1.165, 1.54) is 24.0 Å². The first-order valence-electron chi connectivity index (χ1n) is 10.1. The number of aliphatic imine (C=N–C) groups is 1. The van der Waals surface area contributed by atoms with Crippen LogP contribution >= 0.6 is 0 Å². The van der Waals surface area contributed by atoms with Crippen LogP contribution in [-0.2, 0) is 29.4 Å². The molecule has 0 saturated heterocycles. The summed E-state index contributed by atoms with van der Waals surface area (Å²) in [4.78, 5) is 4.67. The molecule has 0 atom stereocenters. The minimum Gasteiger partial charge on any atom is -0.370 e. The number of anilines is 1. The molecule has 0 aliphatic heterocycles. The highest BCUT2D eigenvalue weighted by atomic mass is 32.2. The summed E-state index contributed by atoms with van der Waals surface area (Å²) in [5, 5.41) is 3.23. The van der Waals surface area contributed by atoms with E-state index in [-0.39, 0.29) is 10.8 Å². The van der Waals surface area contributed by atoms with E-state index in [0.29, 0.717) is 19.0 Å². The van der Waals surface area contributed by atoms with Crippen molar-refractivity contribution in [1.29, 1.82) is 0 Å². The largest absolute Gasteiger partial charge is 0.370 e. The average molecular weight is 415 g/mol. The second-order valence-electron chi connectivity index (χ2n) is 7.87. The Balaban J connectivity index is 1.63.